The zero-order chi connectivity index (χ0) is 24.6. The Bertz CT molecular complexity index is 1210. The van der Waals surface area contributed by atoms with Crippen LogP contribution in [0.25, 0.3) is 11.1 Å². The zero-order valence-corrected chi connectivity index (χ0v) is 20.6. The van der Waals surface area contributed by atoms with E-state index in [1.165, 1.54) is 18.4 Å². The van der Waals surface area contributed by atoms with Crippen molar-refractivity contribution < 1.29 is 19.1 Å². The largest absolute Gasteiger partial charge is 0.465 e. The summed E-state index contributed by atoms with van der Waals surface area (Å²) in [5, 5.41) is 0. The topological polar surface area (TPSA) is 63.7 Å². The van der Waals surface area contributed by atoms with Gasteiger partial charge in [0.2, 0.25) is 5.91 Å². The summed E-state index contributed by atoms with van der Waals surface area (Å²) >= 11 is 1.43. The lowest BCUT2D eigenvalue weighted by Crippen LogP contribution is -2.33. The van der Waals surface area contributed by atoms with Crippen LogP contribution in [-0.4, -0.2) is 42.3 Å². The Labute approximate surface area is 210 Å². The monoisotopic (exact) mass is 487 g/mol. The van der Waals surface area contributed by atoms with Crippen molar-refractivity contribution in [3.63, 3.8) is 0 Å². The first-order valence-electron chi connectivity index (χ1n) is 11.9. The molecule has 1 unspecified atom stereocenters. The number of aryl methyl sites for hydroxylation is 1. The van der Waals surface area contributed by atoms with Crippen molar-refractivity contribution in [1.29, 1.82) is 0 Å². The number of ether oxygens (including phenoxy) is 1. The number of hydrogen-bond donors (Lipinski definition) is 0. The molecule has 0 radical (unpaired) electrons. The molecule has 1 aliphatic heterocycles. The molecule has 2 heterocycles. The van der Waals surface area contributed by atoms with Gasteiger partial charge in [-0.2, -0.15) is 0 Å². The number of nitrogens with zero attached hydrogens (tertiary/aromatic N) is 1. The molecular formula is C29H29NO4S. The first-order chi connectivity index (χ1) is 17.0. The standard InChI is InChI=1S/C29H29NO4S/c1-34-29(33)27-16-15-26(35-27)11-6-18-30-24(13-17-28(30)32)12-14-25(31)20-21-7-5-10-23(19-21)22-8-3-2-4-9-22/h2-5,7-10,12,14-16,19,24H,6,11,13,17-18,20H2,1H3/b14-12+. The lowest BCUT2D eigenvalue weighted by Gasteiger charge is -2.22. The van der Waals surface area contributed by atoms with Crippen LogP contribution in [0.3, 0.4) is 0 Å². The van der Waals surface area contributed by atoms with E-state index in [1.807, 2.05) is 53.4 Å². The van der Waals surface area contributed by atoms with Crippen LogP contribution in [0, 0.1) is 0 Å². The molecule has 180 valence electrons. The molecule has 1 aromatic heterocycles. The van der Waals surface area contributed by atoms with Crippen molar-refractivity contribution in [2.75, 3.05) is 13.7 Å². The third kappa shape index (κ3) is 6.55. The first kappa shape index (κ1) is 24.6. The number of methoxy groups -OCH3 is 1. The van der Waals surface area contributed by atoms with Gasteiger partial charge in [0.15, 0.2) is 5.78 Å². The smallest absolute Gasteiger partial charge is 0.348 e. The molecule has 0 aliphatic carbocycles. The zero-order valence-electron chi connectivity index (χ0n) is 19.8. The van der Waals surface area contributed by atoms with Crippen LogP contribution in [0.1, 0.15) is 39.4 Å². The van der Waals surface area contributed by atoms with Gasteiger partial charge < -0.3 is 9.64 Å². The molecule has 0 N–H and O–H groups in total. The number of esters is 1. The SMILES string of the molecule is COC(=O)c1ccc(CCCN2C(=O)CCC2/C=C/C(=O)Cc2cccc(-c3ccccc3)c2)s1. The minimum absolute atomic E-state index is 0.0310. The molecule has 1 amide bonds. The van der Waals surface area contributed by atoms with E-state index in [0.29, 0.717) is 24.3 Å². The van der Waals surface area contributed by atoms with Gasteiger partial charge in [0.05, 0.1) is 13.2 Å². The molecule has 0 spiro atoms. The second kappa shape index (κ2) is 11.8. The summed E-state index contributed by atoms with van der Waals surface area (Å²) in [4.78, 5) is 40.3. The molecule has 1 aliphatic rings. The van der Waals surface area contributed by atoms with Crippen LogP contribution in [0.4, 0.5) is 0 Å². The van der Waals surface area contributed by atoms with Crippen LogP contribution in [0.5, 0.6) is 0 Å². The van der Waals surface area contributed by atoms with Gasteiger partial charge in [-0.15, -0.1) is 11.3 Å². The van der Waals surface area contributed by atoms with Gasteiger partial charge in [-0.25, -0.2) is 4.79 Å². The van der Waals surface area contributed by atoms with E-state index in [9.17, 15) is 14.4 Å². The van der Waals surface area contributed by atoms with Crippen molar-refractivity contribution in [3.8, 4) is 11.1 Å². The van der Waals surface area contributed by atoms with Gasteiger partial charge >= 0.3 is 5.97 Å². The molecule has 1 saturated heterocycles. The third-order valence-corrected chi connectivity index (χ3v) is 7.29. The van der Waals surface area contributed by atoms with Crippen LogP contribution < -0.4 is 0 Å². The summed E-state index contributed by atoms with van der Waals surface area (Å²) in [7, 11) is 1.38. The number of benzene rings is 2. The predicted octanol–water partition coefficient (Wildman–Crippen LogP) is 5.49. The Kier molecular flexibility index (Phi) is 8.27. The van der Waals surface area contributed by atoms with Crippen molar-refractivity contribution in [2.45, 2.75) is 38.1 Å². The number of allylic oxidation sites excluding steroid dienone is 1. The van der Waals surface area contributed by atoms with Crippen molar-refractivity contribution in [2.24, 2.45) is 0 Å². The highest BCUT2D eigenvalue weighted by atomic mass is 32.1. The molecule has 5 nitrogen and oxygen atoms in total. The average Bonchev–Trinajstić information content (AvgIpc) is 3.50. The van der Waals surface area contributed by atoms with Crippen LogP contribution in [0.2, 0.25) is 0 Å². The number of carbonyl (C=O) groups excluding carboxylic acids is 3. The van der Waals surface area contributed by atoms with Crippen LogP contribution in [-0.2, 0) is 27.2 Å². The Hall–Kier alpha value is -3.51. The molecule has 1 fully saturated rings. The van der Waals surface area contributed by atoms with Gasteiger partial charge in [-0.1, -0.05) is 60.7 Å². The normalized spacial score (nSPS) is 15.6. The van der Waals surface area contributed by atoms with E-state index < -0.39 is 0 Å². The summed E-state index contributed by atoms with van der Waals surface area (Å²) in [6, 6.07) is 21.8. The number of hydrogen-bond acceptors (Lipinski definition) is 5. The Balaban J connectivity index is 1.30. The number of amides is 1. The predicted molar refractivity (Wildman–Crippen MR) is 138 cm³/mol. The fourth-order valence-electron chi connectivity index (χ4n) is 4.36. The lowest BCUT2D eigenvalue weighted by molar-refractivity contribution is -0.128. The highest BCUT2D eigenvalue weighted by molar-refractivity contribution is 7.13. The van der Waals surface area contributed by atoms with Gasteiger partial charge in [0.25, 0.3) is 0 Å². The van der Waals surface area contributed by atoms with E-state index in [1.54, 1.807) is 12.1 Å². The summed E-state index contributed by atoms with van der Waals surface area (Å²) in [5.74, 6) is -0.162. The molecule has 35 heavy (non-hydrogen) atoms. The van der Waals surface area contributed by atoms with Crippen molar-refractivity contribution in [1.82, 2.24) is 4.90 Å². The fourth-order valence-corrected chi connectivity index (χ4v) is 5.33. The average molecular weight is 488 g/mol. The maximum atomic E-state index is 12.7. The van der Waals surface area contributed by atoms with E-state index in [-0.39, 0.29) is 23.7 Å². The maximum Gasteiger partial charge on any atom is 0.348 e. The number of ketones is 1. The fraction of sp³-hybridized carbons (Fsp3) is 0.276. The van der Waals surface area contributed by atoms with E-state index >= 15 is 0 Å². The van der Waals surface area contributed by atoms with Gasteiger partial charge in [0, 0.05) is 24.3 Å². The van der Waals surface area contributed by atoms with Crippen LogP contribution >= 0.6 is 11.3 Å². The third-order valence-electron chi connectivity index (χ3n) is 6.16. The summed E-state index contributed by atoms with van der Waals surface area (Å²) in [6.07, 6.45) is 6.68. The quantitative estimate of drug-likeness (QED) is 0.280. The Morgan fingerprint density at radius 3 is 2.66 bits per heavy atom. The summed E-state index contributed by atoms with van der Waals surface area (Å²) in [6.45, 7) is 0.632. The number of rotatable bonds is 10. The minimum atomic E-state index is -0.322. The Morgan fingerprint density at radius 1 is 1.06 bits per heavy atom. The van der Waals surface area contributed by atoms with E-state index in [0.717, 1.165) is 40.8 Å². The second-order valence-electron chi connectivity index (χ2n) is 8.62. The molecule has 3 aromatic rings. The van der Waals surface area contributed by atoms with E-state index in [2.05, 4.69) is 18.2 Å². The number of thiophene rings is 1. The Morgan fingerprint density at radius 2 is 1.86 bits per heavy atom. The lowest BCUT2D eigenvalue weighted by atomic mass is 10.0. The maximum absolute atomic E-state index is 12.7. The van der Waals surface area contributed by atoms with Crippen molar-refractivity contribution >= 4 is 29.0 Å². The van der Waals surface area contributed by atoms with Gasteiger partial charge in [-0.05, 0) is 54.2 Å². The molecule has 4 rings (SSSR count). The highest BCUT2D eigenvalue weighted by Crippen LogP contribution is 2.23. The van der Waals surface area contributed by atoms with Gasteiger partial charge in [-0.3, -0.25) is 9.59 Å². The first-order valence-corrected chi connectivity index (χ1v) is 12.7. The van der Waals surface area contributed by atoms with Crippen LogP contribution in [0.15, 0.2) is 78.9 Å². The molecule has 0 bridgehead atoms. The molecule has 6 heteroatoms. The number of carbonyl (C=O) groups is 3. The van der Waals surface area contributed by atoms with Gasteiger partial charge in [0.1, 0.15) is 4.88 Å². The summed E-state index contributed by atoms with van der Waals surface area (Å²) < 4.78 is 4.76. The van der Waals surface area contributed by atoms with E-state index in [4.69, 9.17) is 4.74 Å². The molecule has 1 atom stereocenters. The minimum Gasteiger partial charge on any atom is -0.465 e. The highest BCUT2D eigenvalue weighted by Gasteiger charge is 2.28. The number of likely N-dealkylation sites (tertiary alicyclic amines) is 1. The molecule has 2 aromatic carbocycles. The second-order valence-corrected chi connectivity index (χ2v) is 9.79. The molecular weight excluding hydrogens is 458 g/mol. The molecule has 0 saturated carbocycles. The summed E-state index contributed by atoms with van der Waals surface area (Å²) in [5.41, 5.74) is 3.20. The van der Waals surface area contributed by atoms with Crippen molar-refractivity contribution in [3.05, 3.63) is 94.2 Å².